The van der Waals surface area contributed by atoms with E-state index >= 15 is 0 Å². The van der Waals surface area contributed by atoms with Gasteiger partial charge in [0.15, 0.2) is 5.96 Å². The summed E-state index contributed by atoms with van der Waals surface area (Å²) in [5, 5.41) is 9.34. The first-order valence-corrected chi connectivity index (χ1v) is 9.49. The molecule has 0 spiro atoms. The van der Waals surface area contributed by atoms with Crippen LogP contribution in [0, 0.1) is 6.92 Å². The first-order chi connectivity index (χ1) is 12.4. The molecule has 26 heavy (non-hydrogen) atoms. The van der Waals surface area contributed by atoms with Crippen molar-refractivity contribution in [2.24, 2.45) is 4.99 Å². The summed E-state index contributed by atoms with van der Waals surface area (Å²) in [6.45, 7) is 11.9. The van der Waals surface area contributed by atoms with E-state index in [0.717, 1.165) is 18.7 Å². The van der Waals surface area contributed by atoms with Gasteiger partial charge >= 0.3 is 0 Å². The second-order valence-electron chi connectivity index (χ2n) is 6.52. The molecular weight excluding hydrogens is 328 g/mol. The summed E-state index contributed by atoms with van der Waals surface area (Å²) in [6.07, 6.45) is 1.31. The molecule has 0 aliphatic rings. The Labute approximate surface area is 157 Å². The fourth-order valence-corrected chi connectivity index (χ4v) is 2.26. The van der Waals surface area contributed by atoms with Gasteiger partial charge in [-0.3, -0.25) is 4.79 Å². The number of ether oxygens (including phenoxy) is 1. The molecule has 0 bridgehead atoms. The van der Waals surface area contributed by atoms with Crippen LogP contribution >= 0.6 is 0 Å². The number of hydrogen-bond donors (Lipinski definition) is 3. The number of rotatable bonds is 10. The van der Waals surface area contributed by atoms with Gasteiger partial charge in [0, 0.05) is 25.6 Å². The van der Waals surface area contributed by atoms with E-state index in [2.05, 4.69) is 27.9 Å². The number of aryl methyl sites for hydroxylation is 1. The topological polar surface area (TPSA) is 74.8 Å². The Morgan fingerprint density at radius 1 is 1.23 bits per heavy atom. The van der Waals surface area contributed by atoms with Gasteiger partial charge < -0.3 is 20.7 Å². The summed E-state index contributed by atoms with van der Waals surface area (Å²) in [5.74, 6) is 1.61. The van der Waals surface area contributed by atoms with E-state index < -0.39 is 0 Å². The molecule has 0 saturated heterocycles. The predicted octanol–water partition coefficient (Wildman–Crippen LogP) is 2.62. The van der Waals surface area contributed by atoms with E-state index in [4.69, 9.17) is 4.74 Å². The Morgan fingerprint density at radius 3 is 2.65 bits per heavy atom. The van der Waals surface area contributed by atoms with Crippen LogP contribution in [0.5, 0.6) is 5.75 Å². The lowest BCUT2D eigenvalue weighted by atomic mass is 10.2. The quantitative estimate of drug-likeness (QED) is 0.442. The van der Waals surface area contributed by atoms with Gasteiger partial charge in [0.25, 0.3) is 0 Å². The first-order valence-electron chi connectivity index (χ1n) is 9.49. The normalized spacial score (nSPS) is 13.7. The first kappa shape index (κ1) is 21.8. The van der Waals surface area contributed by atoms with Gasteiger partial charge in [-0.2, -0.15) is 0 Å². The Balaban J connectivity index is 2.43. The fourth-order valence-electron chi connectivity index (χ4n) is 2.26. The maximum absolute atomic E-state index is 11.8. The number of nitrogens with one attached hydrogen (secondary N) is 3. The van der Waals surface area contributed by atoms with E-state index in [-0.39, 0.29) is 18.1 Å². The lowest BCUT2D eigenvalue weighted by molar-refractivity contribution is -0.121. The fraction of sp³-hybridized carbons (Fsp3) is 0.600. The molecule has 146 valence electrons. The van der Waals surface area contributed by atoms with Crippen LogP contribution in [-0.2, 0) is 4.79 Å². The number of hydrogen-bond acceptors (Lipinski definition) is 3. The van der Waals surface area contributed by atoms with Gasteiger partial charge in [-0.15, -0.1) is 0 Å². The van der Waals surface area contributed by atoms with Crippen molar-refractivity contribution >= 4 is 11.9 Å². The third kappa shape index (κ3) is 9.30. The Bertz CT molecular complexity index is 575. The van der Waals surface area contributed by atoms with Gasteiger partial charge in [-0.25, -0.2) is 4.99 Å². The van der Waals surface area contributed by atoms with Gasteiger partial charge in [-0.05, 0) is 51.8 Å². The summed E-state index contributed by atoms with van der Waals surface area (Å²) in [7, 11) is 0. The van der Waals surface area contributed by atoms with Crippen molar-refractivity contribution in [2.45, 2.75) is 59.6 Å². The Hall–Kier alpha value is -2.24. The summed E-state index contributed by atoms with van der Waals surface area (Å²) in [6, 6.07) is 8.20. The van der Waals surface area contributed by atoms with Crippen molar-refractivity contribution in [3.8, 4) is 5.75 Å². The van der Waals surface area contributed by atoms with E-state index in [1.165, 1.54) is 5.56 Å². The minimum atomic E-state index is -0.0408. The highest BCUT2D eigenvalue weighted by Gasteiger charge is 2.07. The predicted molar refractivity (Wildman–Crippen MR) is 108 cm³/mol. The van der Waals surface area contributed by atoms with Crippen LogP contribution in [0.25, 0.3) is 0 Å². The summed E-state index contributed by atoms with van der Waals surface area (Å²) in [5.41, 5.74) is 1.17. The second kappa shape index (κ2) is 12.2. The standard InChI is InChI=1S/C20H34N4O2/c1-6-16(4)24-19(25)11-12-22-20(21-7-2)23-14-17(5)26-18-10-8-9-15(3)13-18/h8-10,13,16-17H,6-7,11-12,14H2,1-5H3,(H,24,25)(H2,21,22,23). The van der Waals surface area contributed by atoms with Crippen LogP contribution in [-0.4, -0.2) is 43.6 Å². The summed E-state index contributed by atoms with van der Waals surface area (Å²) in [4.78, 5) is 16.4. The highest BCUT2D eigenvalue weighted by atomic mass is 16.5. The molecule has 6 heteroatoms. The largest absolute Gasteiger partial charge is 0.489 e. The SMILES string of the molecule is CCNC(=NCC(C)Oc1cccc(C)c1)NCCC(=O)NC(C)CC. The molecule has 6 nitrogen and oxygen atoms in total. The third-order valence-corrected chi connectivity index (χ3v) is 3.84. The van der Waals surface area contributed by atoms with Crippen LogP contribution in [0.2, 0.25) is 0 Å². The molecule has 1 amide bonds. The maximum atomic E-state index is 11.8. The van der Waals surface area contributed by atoms with Crippen molar-refractivity contribution in [3.63, 3.8) is 0 Å². The number of guanidine groups is 1. The minimum Gasteiger partial charge on any atom is -0.489 e. The molecule has 0 heterocycles. The van der Waals surface area contributed by atoms with E-state index in [0.29, 0.717) is 25.5 Å². The summed E-state index contributed by atoms with van der Waals surface area (Å²) < 4.78 is 5.90. The van der Waals surface area contributed by atoms with Crippen LogP contribution in [0.4, 0.5) is 0 Å². The maximum Gasteiger partial charge on any atom is 0.221 e. The molecule has 0 radical (unpaired) electrons. The number of amides is 1. The van der Waals surface area contributed by atoms with Crippen molar-refractivity contribution < 1.29 is 9.53 Å². The Kier molecular flexibility index (Phi) is 10.2. The van der Waals surface area contributed by atoms with Crippen LogP contribution in [0.15, 0.2) is 29.3 Å². The van der Waals surface area contributed by atoms with Gasteiger partial charge in [0.2, 0.25) is 5.91 Å². The molecular formula is C20H34N4O2. The summed E-state index contributed by atoms with van der Waals surface area (Å²) >= 11 is 0. The lowest BCUT2D eigenvalue weighted by Gasteiger charge is -2.16. The van der Waals surface area contributed by atoms with Gasteiger partial charge in [0.1, 0.15) is 11.9 Å². The zero-order valence-corrected chi connectivity index (χ0v) is 16.8. The highest BCUT2D eigenvalue weighted by molar-refractivity contribution is 5.81. The smallest absolute Gasteiger partial charge is 0.221 e. The average Bonchev–Trinajstić information content (AvgIpc) is 2.59. The van der Waals surface area contributed by atoms with Gasteiger partial charge in [0.05, 0.1) is 6.54 Å². The molecule has 0 aromatic heterocycles. The zero-order chi connectivity index (χ0) is 19.4. The van der Waals surface area contributed by atoms with Crippen molar-refractivity contribution in [2.75, 3.05) is 19.6 Å². The third-order valence-electron chi connectivity index (χ3n) is 3.84. The molecule has 0 aliphatic heterocycles. The molecule has 1 aromatic rings. The molecule has 0 aliphatic carbocycles. The van der Waals surface area contributed by atoms with Crippen LogP contribution in [0.1, 0.15) is 46.1 Å². The van der Waals surface area contributed by atoms with Crippen molar-refractivity contribution in [1.82, 2.24) is 16.0 Å². The molecule has 0 saturated carbocycles. The number of nitrogens with zero attached hydrogens (tertiary/aromatic N) is 1. The van der Waals surface area contributed by atoms with E-state index in [1.54, 1.807) is 0 Å². The van der Waals surface area contributed by atoms with Crippen LogP contribution < -0.4 is 20.7 Å². The van der Waals surface area contributed by atoms with E-state index in [1.807, 2.05) is 52.0 Å². The number of benzene rings is 1. The number of carbonyl (C=O) groups excluding carboxylic acids is 1. The molecule has 0 fully saturated rings. The Morgan fingerprint density at radius 2 is 2.00 bits per heavy atom. The molecule has 3 N–H and O–H groups in total. The van der Waals surface area contributed by atoms with Crippen LogP contribution in [0.3, 0.4) is 0 Å². The lowest BCUT2D eigenvalue weighted by Crippen LogP contribution is -2.40. The molecule has 2 unspecified atom stereocenters. The number of carbonyl (C=O) groups is 1. The molecule has 1 aromatic carbocycles. The average molecular weight is 363 g/mol. The van der Waals surface area contributed by atoms with Crippen molar-refractivity contribution in [1.29, 1.82) is 0 Å². The van der Waals surface area contributed by atoms with Gasteiger partial charge in [-0.1, -0.05) is 19.1 Å². The molecule has 1 rings (SSSR count). The monoisotopic (exact) mass is 362 g/mol. The molecule has 2 atom stereocenters. The zero-order valence-electron chi connectivity index (χ0n) is 16.8. The number of aliphatic imine (C=N–C) groups is 1. The minimum absolute atomic E-state index is 0.0408. The second-order valence-corrected chi connectivity index (χ2v) is 6.52. The van der Waals surface area contributed by atoms with E-state index in [9.17, 15) is 4.79 Å². The highest BCUT2D eigenvalue weighted by Crippen LogP contribution is 2.14. The van der Waals surface area contributed by atoms with Crippen molar-refractivity contribution in [3.05, 3.63) is 29.8 Å².